The Morgan fingerprint density at radius 1 is 0.816 bits per heavy atom. The normalized spacial score (nSPS) is 11.3. The fourth-order valence-electron chi connectivity index (χ4n) is 3.96. The molecule has 10 nitrogen and oxygen atoms in total. The summed E-state index contributed by atoms with van der Waals surface area (Å²) < 4.78 is 25.4. The first-order valence-corrected chi connectivity index (χ1v) is 15.8. The molecule has 2 aromatic carbocycles. The molecule has 0 radical (unpaired) electrons. The van der Waals surface area contributed by atoms with Gasteiger partial charge in [-0.05, 0) is 98.0 Å². The third-order valence-electron chi connectivity index (χ3n) is 7.42. The van der Waals surface area contributed by atoms with Crippen molar-refractivity contribution < 1.29 is 18.4 Å². The van der Waals surface area contributed by atoms with Gasteiger partial charge in [0, 0.05) is 47.3 Å². The fourth-order valence-corrected chi connectivity index (χ4v) is 3.96. The number of aromatic nitrogens is 4. The van der Waals surface area contributed by atoms with Crippen molar-refractivity contribution in [1.82, 2.24) is 20.2 Å². The molecule has 2 unspecified atom stereocenters. The van der Waals surface area contributed by atoms with Crippen molar-refractivity contribution in [1.29, 1.82) is 0 Å². The van der Waals surface area contributed by atoms with Crippen molar-refractivity contribution >= 4 is 17.3 Å². The zero-order valence-corrected chi connectivity index (χ0v) is 28.3. The number of carbonyl (C=O) groups is 2. The number of hydrogen-bond donors (Lipinski definition) is 5. The van der Waals surface area contributed by atoms with Crippen LogP contribution in [0.2, 0.25) is 0 Å². The van der Waals surface area contributed by atoms with Crippen LogP contribution in [0, 0.1) is 24.5 Å². The molecule has 6 N–H and O–H groups in total. The lowest BCUT2D eigenvalue weighted by Gasteiger charge is -2.06. The summed E-state index contributed by atoms with van der Waals surface area (Å²) in [6.07, 6.45) is 4.87. The van der Waals surface area contributed by atoms with E-state index in [1.807, 2.05) is 26.0 Å². The van der Waals surface area contributed by atoms with E-state index in [0.29, 0.717) is 17.2 Å². The summed E-state index contributed by atoms with van der Waals surface area (Å²) in [5.74, 6) is 4.49. The predicted molar refractivity (Wildman–Crippen MR) is 189 cm³/mol. The van der Waals surface area contributed by atoms with Gasteiger partial charge in [-0.2, -0.15) is 5.10 Å². The van der Waals surface area contributed by atoms with Gasteiger partial charge in [0.25, 0.3) is 0 Å². The van der Waals surface area contributed by atoms with Gasteiger partial charge in [0.15, 0.2) is 5.78 Å². The maximum Gasteiger partial charge on any atom is 0.250 e. The third kappa shape index (κ3) is 14.4. The minimum absolute atomic E-state index is 0.0370. The zero-order valence-electron chi connectivity index (χ0n) is 28.3. The van der Waals surface area contributed by atoms with Crippen molar-refractivity contribution in [2.45, 2.75) is 59.8 Å². The molecule has 12 heteroatoms. The number of aryl methyl sites for hydroxylation is 1. The van der Waals surface area contributed by atoms with Crippen molar-refractivity contribution in [3.63, 3.8) is 0 Å². The molecule has 0 fully saturated rings. The van der Waals surface area contributed by atoms with E-state index < -0.39 is 0 Å². The number of anilines is 1. The number of rotatable bonds is 9. The van der Waals surface area contributed by atoms with Crippen LogP contribution in [0.1, 0.15) is 74.5 Å². The molecule has 5 aromatic rings. The lowest BCUT2D eigenvalue weighted by atomic mass is 9.97. The number of hydrogen-bond acceptors (Lipinski definition) is 7. The van der Waals surface area contributed by atoms with Gasteiger partial charge in [0.05, 0.1) is 17.8 Å². The summed E-state index contributed by atoms with van der Waals surface area (Å²) >= 11 is 0. The van der Waals surface area contributed by atoms with Gasteiger partial charge in [0.2, 0.25) is 11.1 Å². The maximum atomic E-state index is 12.8. The van der Waals surface area contributed by atoms with Crippen molar-refractivity contribution in [3.8, 4) is 11.3 Å². The summed E-state index contributed by atoms with van der Waals surface area (Å²) in [4.78, 5) is 49.1. The molecule has 0 amide bonds. The van der Waals surface area contributed by atoms with Crippen LogP contribution in [0.5, 0.6) is 0 Å². The number of Topliss-reactive ketones (excluding diaryl/α,β-unsaturated/α-hetero) is 2. The van der Waals surface area contributed by atoms with Crippen molar-refractivity contribution in [3.05, 3.63) is 140 Å². The van der Waals surface area contributed by atoms with Gasteiger partial charge in [0.1, 0.15) is 17.4 Å². The molecule has 49 heavy (non-hydrogen) atoms. The molecule has 0 bridgehead atoms. The average molecular weight is 675 g/mol. The second kappa shape index (κ2) is 20.7. The molecule has 3 aromatic heterocycles. The highest BCUT2D eigenvalue weighted by molar-refractivity contribution is 6.08. The SMILES string of the molecule is CCC(C)C(=O)CC(=O)c1ccc(F)cc1.CCC(C)c1cc(-c2ccc(F)cc2)n[nH]1.Cc1cc[nH]c(=O)c1.NNc1cc[nH]c(=O)c1. The number of hydrazine groups is 1. The number of nitrogens with zero attached hydrogens (tertiary/aromatic N) is 1. The summed E-state index contributed by atoms with van der Waals surface area (Å²) in [5.41, 5.74) is 7.07. The van der Waals surface area contributed by atoms with Crippen LogP contribution in [-0.2, 0) is 4.79 Å². The molecule has 0 saturated heterocycles. The van der Waals surface area contributed by atoms with Crippen LogP contribution in [0.3, 0.4) is 0 Å². The topological polar surface area (TPSA) is 167 Å². The van der Waals surface area contributed by atoms with E-state index in [4.69, 9.17) is 5.84 Å². The Kier molecular flexibility index (Phi) is 16.8. The molecule has 0 spiro atoms. The van der Waals surface area contributed by atoms with Crippen LogP contribution >= 0.6 is 0 Å². The van der Waals surface area contributed by atoms with Gasteiger partial charge in [-0.1, -0.05) is 27.7 Å². The standard InChI is InChI=1S/C13H15FN2.C13H15FO2.C6H7NO.C5H7N3O/c1-3-9(2)12-8-13(16-15-12)10-4-6-11(14)7-5-10;1-3-9(2)12(15)8-13(16)10-4-6-11(14)7-5-10;1-5-2-3-7-6(8)4-5;6-8-4-1-2-7-5(9)3-4/h4-9H,3H2,1-2H3,(H,15,16);4-7,9H,3,8H2,1-2H3;2-4H,1H3,(H,7,8);1-3H,6H2,(H2,7,8,9). The number of pyridine rings is 2. The average Bonchev–Trinajstić information content (AvgIpc) is 3.59. The van der Waals surface area contributed by atoms with Gasteiger partial charge in [-0.3, -0.25) is 30.1 Å². The number of benzene rings is 2. The van der Waals surface area contributed by atoms with Crippen molar-refractivity contribution in [2.75, 3.05) is 5.43 Å². The zero-order chi connectivity index (χ0) is 36.3. The Balaban J connectivity index is 0.000000237. The first-order valence-electron chi connectivity index (χ1n) is 15.8. The second-order valence-corrected chi connectivity index (χ2v) is 11.2. The molecule has 0 aliphatic rings. The number of aromatic amines is 3. The summed E-state index contributed by atoms with van der Waals surface area (Å²) in [6, 6.07) is 20.1. The molecule has 0 aliphatic carbocycles. The Bertz CT molecular complexity index is 1850. The van der Waals surface area contributed by atoms with E-state index in [2.05, 4.69) is 39.4 Å². The number of carbonyl (C=O) groups excluding carboxylic acids is 2. The number of H-pyrrole nitrogens is 3. The van der Waals surface area contributed by atoms with Crippen LogP contribution < -0.4 is 22.4 Å². The molecule has 260 valence electrons. The number of nitrogen functional groups attached to an aromatic ring is 1. The minimum atomic E-state index is -0.384. The Morgan fingerprint density at radius 2 is 1.39 bits per heavy atom. The lowest BCUT2D eigenvalue weighted by Crippen LogP contribution is -2.15. The van der Waals surface area contributed by atoms with E-state index >= 15 is 0 Å². The van der Waals surface area contributed by atoms with E-state index in [0.717, 1.165) is 35.4 Å². The molecule has 5 rings (SSSR count). The van der Waals surface area contributed by atoms with Gasteiger partial charge < -0.3 is 15.4 Å². The molecule has 0 saturated carbocycles. The van der Waals surface area contributed by atoms with E-state index in [1.54, 1.807) is 37.4 Å². The molecule has 2 atom stereocenters. The van der Waals surface area contributed by atoms with E-state index in [9.17, 15) is 28.0 Å². The predicted octanol–water partition coefficient (Wildman–Crippen LogP) is 7.09. The molecule has 3 heterocycles. The molecular weight excluding hydrogens is 630 g/mol. The quantitative estimate of drug-likeness (QED) is 0.0482. The Morgan fingerprint density at radius 3 is 1.86 bits per heavy atom. The highest BCUT2D eigenvalue weighted by Gasteiger charge is 2.16. The summed E-state index contributed by atoms with van der Waals surface area (Å²) in [7, 11) is 0. The number of nitrogens with two attached hydrogens (primary N) is 1. The first kappa shape index (κ1) is 39.7. The van der Waals surface area contributed by atoms with E-state index in [-0.39, 0.29) is 46.7 Å². The van der Waals surface area contributed by atoms with Crippen molar-refractivity contribution in [2.24, 2.45) is 11.8 Å². The minimum Gasteiger partial charge on any atom is -0.329 e. The fraction of sp³-hybridized carbons (Fsp3) is 0.270. The summed E-state index contributed by atoms with van der Waals surface area (Å²) in [5, 5.41) is 7.26. The lowest BCUT2D eigenvalue weighted by molar-refractivity contribution is -0.121. The second-order valence-electron chi connectivity index (χ2n) is 11.2. The monoisotopic (exact) mass is 674 g/mol. The van der Waals surface area contributed by atoms with Gasteiger partial charge >= 0.3 is 0 Å². The smallest absolute Gasteiger partial charge is 0.250 e. The van der Waals surface area contributed by atoms with Crippen LogP contribution in [0.25, 0.3) is 11.3 Å². The van der Waals surface area contributed by atoms with Crippen LogP contribution in [0.4, 0.5) is 14.5 Å². The van der Waals surface area contributed by atoms with Crippen LogP contribution in [-0.4, -0.2) is 31.7 Å². The van der Waals surface area contributed by atoms with Gasteiger partial charge in [-0.15, -0.1) is 0 Å². The Labute approximate surface area is 284 Å². The summed E-state index contributed by atoms with van der Waals surface area (Å²) in [6.45, 7) is 9.89. The maximum absolute atomic E-state index is 12.8. The molecule has 0 aliphatic heterocycles. The van der Waals surface area contributed by atoms with Crippen LogP contribution in [0.15, 0.2) is 101 Å². The highest BCUT2D eigenvalue weighted by Crippen LogP contribution is 2.23. The number of ketones is 2. The number of nitrogens with one attached hydrogen (secondary N) is 4. The largest absolute Gasteiger partial charge is 0.329 e. The van der Waals surface area contributed by atoms with E-state index in [1.165, 1.54) is 48.7 Å². The first-order chi connectivity index (χ1) is 23.4. The molecular formula is C37H44F2N6O4. The van der Waals surface area contributed by atoms with Gasteiger partial charge in [-0.25, -0.2) is 8.78 Å². The third-order valence-corrected chi connectivity index (χ3v) is 7.42. The Hall–Kier alpha value is -5.49. The number of halogens is 2. The highest BCUT2D eigenvalue weighted by atomic mass is 19.1.